The second-order valence-corrected chi connectivity index (χ2v) is 4.32. The third-order valence-corrected chi connectivity index (χ3v) is 2.66. The number of carboxylic acid groups (broad SMARTS) is 1. The van der Waals surface area contributed by atoms with Crippen LogP contribution in [0, 0.1) is 5.82 Å². The minimum atomic E-state index is -1.16. The molecule has 2 aromatic rings. The lowest BCUT2D eigenvalue weighted by molar-refractivity contribution is -0.131. The Balaban J connectivity index is 2.36. The van der Waals surface area contributed by atoms with Crippen molar-refractivity contribution in [1.29, 1.82) is 0 Å². The van der Waals surface area contributed by atoms with Gasteiger partial charge < -0.3 is 9.84 Å². The highest BCUT2D eigenvalue weighted by atomic mass is 35.5. The Kier molecular flexibility index (Phi) is 4.38. The maximum Gasteiger partial charge on any atom is 0.328 e. The lowest BCUT2D eigenvalue weighted by Crippen LogP contribution is -1.92. The molecular formula is C15H10ClFO3. The zero-order chi connectivity index (χ0) is 14.5. The fourth-order valence-corrected chi connectivity index (χ4v) is 1.76. The summed E-state index contributed by atoms with van der Waals surface area (Å²) in [7, 11) is 0. The predicted octanol–water partition coefficient (Wildman–Crippen LogP) is 4.37. The smallest absolute Gasteiger partial charge is 0.328 e. The standard InChI is InChI=1S/C15H10ClFO3/c16-10-3-1-4-11(9-10)20-14-6-2-5-13(17)12(14)7-8-15(18)19/h1-9H,(H,18,19)/b8-7+. The van der Waals surface area contributed by atoms with E-state index in [1.165, 1.54) is 12.1 Å². The van der Waals surface area contributed by atoms with Crippen molar-refractivity contribution in [3.05, 3.63) is 64.9 Å². The molecule has 0 saturated carbocycles. The Morgan fingerprint density at radius 2 is 2.00 bits per heavy atom. The summed E-state index contributed by atoms with van der Waals surface area (Å²) in [6.45, 7) is 0. The number of carboxylic acids is 1. The molecular weight excluding hydrogens is 283 g/mol. The molecule has 1 N–H and O–H groups in total. The van der Waals surface area contributed by atoms with Gasteiger partial charge in [0.2, 0.25) is 0 Å². The summed E-state index contributed by atoms with van der Waals surface area (Å²) in [5, 5.41) is 9.10. The number of rotatable bonds is 4. The molecule has 2 aromatic carbocycles. The number of benzene rings is 2. The van der Waals surface area contributed by atoms with Crippen molar-refractivity contribution in [3.63, 3.8) is 0 Å². The highest BCUT2D eigenvalue weighted by Crippen LogP contribution is 2.29. The van der Waals surface area contributed by atoms with Gasteiger partial charge in [-0.3, -0.25) is 0 Å². The second kappa shape index (κ2) is 6.21. The fraction of sp³-hybridized carbons (Fsp3) is 0. The van der Waals surface area contributed by atoms with E-state index in [4.69, 9.17) is 21.4 Å². The Labute approximate surface area is 119 Å². The zero-order valence-electron chi connectivity index (χ0n) is 10.2. The van der Waals surface area contributed by atoms with Gasteiger partial charge in [-0.05, 0) is 36.4 Å². The van der Waals surface area contributed by atoms with Crippen molar-refractivity contribution in [2.45, 2.75) is 0 Å². The van der Waals surface area contributed by atoms with Crippen LogP contribution >= 0.6 is 11.6 Å². The molecule has 0 fully saturated rings. The van der Waals surface area contributed by atoms with E-state index in [1.54, 1.807) is 30.3 Å². The molecule has 5 heteroatoms. The SMILES string of the molecule is O=C(O)/C=C/c1c(F)cccc1Oc1cccc(Cl)c1. The number of halogens is 2. The quantitative estimate of drug-likeness (QED) is 0.851. The summed E-state index contributed by atoms with van der Waals surface area (Å²) >= 11 is 5.84. The van der Waals surface area contributed by atoms with Crippen LogP contribution in [-0.2, 0) is 4.79 Å². The summed E-state index contributed by atoms with van der Waals surface area (Å²) in [4.78, 5) is 10.5. The summed E-state index contributed by atoms with van der Waals surface area (Å²) in [6.07, 6.45) is 2.00. The average Bonchev–Trinajstić information content (AvgIpc) is 2.38. The van der Waals surface area contributed by atoms with Crippen LogP contribution in [0.2, 0.25) is 5.02 Å². The molecule has 0 amide bonds. The molecule has 0 spiro atoms. The first kappa shape index (κ1) is 14.1. The topological polar surface area (TPSA) is 46.5 Å². The van der Waals surface area contributed by atoms with Gasteiger partial charge in [0.05, 0.1) is 5.56 Å². The first-order valence-corrected chi connectivity index (χ1v) is 6.07. The monoisotopic (exact) mass is 292 g/mol. The zero-order valence-corrected chi connectivity index (χ0v) is 11.0. The van der Waals surface area contributed by atoms with Gasteiger partial charge in [-0.25, -0.2) is 9.18 Å². The van der Waals surface area contributed by atoms with E-state index in [0.29, 0.717) is 10.8 Å². The van der Waals surface area contributed by atoms with Crippen molar-refractivity contribution >= 4 is 23.6 Å². The summed E-state index contributed by atoms with van der Waals surface area (Å²) < 4.78 is 19.3. The third-order valence-electron chi connectivity index (χ3n) is 2.43. The van der Waals surface area contributed by atoms with Crippen molar-refractivity contribution < 1.29 is 19.0 Å². The molecule has 0 saturated heterocycles. The molecule has 102 valence electrons. The van der Waals surface area contributed by atoms with Crippen molar-refractivity contribution in [2.75, 3.05) is 0 Å². The van der Waals surface area contributed by atoms with Crippen molar-refractivity contribution in [1.82, 2.24) is 0 Å². The van der Waals surface area contributed by atoms with E-state index >= 15 is 0 Å². The normalized spacial score (nSPS) is 10.7. The molecule has 0 heterocycles. The van der Waals surface area contributed by atoms with Gasteiger partial charge in [0.1, 0.15) is 17.3 Å². The minimum Gasteiger partial charge on any atom is -0.478 e. The number of hydrogen-bond donors (Lipinski definition) is 1. The molecule has 20 heavy (non-hydrogen) atoms. The Hall–Kier alpha value is -2.33. The summed E-state index contributed by atoms with van der Waals surface area (Å²) in [6, 6.07) is 10.9. The Morgan fingerprint density at radius 1 is 1.25 bits per heavy atom. The first-order chi connectivity index (χ1) is 9.56. The molecule has 0 atom stereocenters. The molecule has 0 aromatic heterocycles. The van der Waals surface area contributed by atoms with E-state index in [1.807, 2.05) is 0 Å². The van der Waals surface area contributed by atoms with Gasteiger partial charge >= 0.3 is 5.97 Å². The van der Waals surface area contributed by atoms with Gasteiger partial charge in [0.25, 0.3) is 0 Å². The predicted molar refractivity (Wildman–Crippen MR) is 74.6 cm³/mol. The van der Waals surface area contributed by atoms with E-state index in [9.17, 15) is 9.18 Å². The van der Waals surface area contributed by atoms with Gasteiger partial charge in [-0.15, -0.1) is 0 Å². The molecule has 0 aliphatic heterocycles. The largest absolute Gasteiger partial charge is 0.478 e. The maximum atomic E-state index is 13.7. The molecule has 0 unspecified atom stereocenters. The van der Waals surface area contributed by atoms with Gasteiger partial charge in [-0.1, -0.05) is 23.7 Å². The highest BCUT2D eigenvalue weighted by Gasteiger charge is 2.08. The molecule has 0 bridgehead atoms. The van der Waals surface area contributed by atoms with Gasteiger partial charge in [0.15, 0.2) is 0 Å². The van der Waals surface area contributed by atoms with Crippen LogP contribution in [0.4, 0.5) is 4.39 Å². The molecule has 2 rings (SSSR count). The van der Waals surface area contributed by atoms with Crippen LogP contribution in [0.3, 0.4) is 0 Å². The second-order valence-electron chi connectivity index (χ2n) is 3.88. The van der Waals surface area contributed by atoms with E-state index in [-0.39, 0.29) is 11.3 Å². The van der Waals surface area contributed by atoms with Crippen molar-refractivity contribution in [2.24, 2.45) is 0 Å². The van der Waals surface area contributed by atoms with Crippen LogP contribution in [0.25, 0.3) is 6.08 Å². The van der Waals surface area contributed by atoms with E-state index in [0.717, 1.165) is 12.2 Å². The van der Waals surface area contributed by atoms with Crippen LogP contribution in [0.15, 0.2) is 48.5 Å². The number of ether oxygens (including phenoxy) is 1. The fourth-order valence-electron chi connectivity index (χ4n) is 1.58. The van der Waals surface area contributed by atoms with E-state index in [2.05, 4.69) is 0 Å². The molecule has 0 aliphatic carbocycles. The lowest BCUT2D eigenvalue weighted by atomic mass is 10.1. The van der Waals surface area contributed by atoms with E-state index < -0.39 is 11.8 Å². The number of hydrogen-bond acceptors (Lipinski definition) is 2. The Bertz CT molecular complexity index is 668. The summed E-state index contributed by atoms with van der Waals surface area (Å²) in [5.74, 6) is -1.08. The molecule has 0 aliphatic rings. The van der Waals surface area contributed by atoms with Crippen LogP contribution in [0.1, 0.15) is 5.56 Å². The van der Waals surface area contributed by atoms with Gasteiger partial charge in [0, 0.05) is 11.1 Å². The third kappa shape index (κ3) is 3.59. The molecule has 0 radical (unpaired) electrons. The van der Waals surface area contributed by atoms with Crippen molar-refractivity contribution in [3.8, 4) is 11.5 Å². The highest BCUT2D eigenvalue weighted by molar-refractivity contribution is 6.30. The van der Waals surface area contributed by atoms with Crippen LogP contribution in [-0.4, -0.2) is 11.1 Å². The first-order valence-electron chi connectivity index (χ1n) is 5.69. The molecule has 3 nitrogen and oxygen atoms in total. The number of aliphatic carboxylic acids is 1. The van der Waals surface area contributed by atoms with Crippen LogP contribution in [0.5, 0.6) is 11.5 Å². The number of carbonyl (C=O) groups is 1. The van der Waals surface area contributed by atoms with Gasteiger partial charge in [-0.2, -0.15) is 0 Å². The minimum absolute atomic E-state index is 0.0647. The summed E-state index contributed by atoms with van der Waals surface area (Å²) in [5.41, 5.74) is 0.0647. The van der Waals surface area contributed by atoms with Crippen LogP contribution < -0.4 is 4.74 Å². The maximum absolute atomic E-state index is 13.7. The average molecular weight is 293 g/mol. The lowest BCUT2D eigenvalue weighted by Gasteiger charge is -2.09. The Morgan fingerprint density at radius 3 is 2.70 bits per heavy atom.